The summed E-state index contributed by atoms with van der Waals surface area (Å²) in [7, 11) is 3.64. The molecule has 3 rings (SSSR count). The molecule has 8 nitrogen and oxygen atoms in total. The number of nitrogens with zero attached hydrogens (tertiary/aromatic N) is 5. The Labute approximate surface area is 173 Å². The first-order valence-electron chi connectivity index (χ1n) is 9.03. The number of likely N-dealkylation sites (N-methyl/N-ethyl adjacent to an activating group) is 1. The second-order valence-corrected chi connectivity index (χ2v) is 6.86. The molecule has 2 amide bonds. The van der Waals surface area contributed by atoms with Crippen LogP contribution in [0.1, 0.15) is 24.4 Å². The van der Waals surface area contributed by atoms with Crippen molar-refractivity contribution in [3.05, 3.63) is 18.0 Å². The summed E-state index contributed by atoms with van der Waals surface area (Å²) >= 11 is 0. The summed E-state index contributed by atoms with van der Waals surface area (Å²) in [5.74, 6) is 0.293. The molecule has 0 aromatic carbocycles. The van der Waals surface area contributed by atoms with Crippen LogP contribution in [0.25, 0.3) is 0 Å². The summed E-state index contributed by atoms with van der Waals surface area (Å²) in [5, 5.41) is 7.24. The van der Waals surface area contributed by atoms with Crippen LogP contribution >= 0.6 is 24.8 Å². The van der Waals surface area contributed by atoms with Crippen LogP contribution in [0, 0.1) is 0 Å². The number of nitrogens with one attached hydrogen (secondary N) is 1. The number of carbonyl (C=O) groups excluding carboxylic acids is 2. The molecule has 0 radical (unpaired) electrons. The first-order chi connectivity index (χ1) is 12.1. The van der Waals surface area contributed by atoms with Gasteiger partial charge in [-0.3, -0.25) is 19.2 Å². The van der Waals surface area contributed by atoms with Crippen molar-refractivity contribution >= 4 is 36.6 Å². The van der Waals surface area contributed by atoms with E-state index in [9.17, 15) is 9.59 Å². The highest BCUT2D eigenvalue weighted by atomic mass is 35.5. The van der Waals surface area contributed by atoms with Crippen molar-refractivity contribution in [2.45, 2.75) is 18.9 Å². The smallest absolute Gasteiger partial charge is 0.244 e. The third-order valence-electron chi connectivity index (χ3n) is 5.10. The molecule has 10 heteroatoms. The number of likely N-dealkylation sites (tertiary alicyclic amines) is 1. The molecule has 2 aliphatic rings. The third-order valence-corrected chi connectivity index (χ3v) is 5.10. The fourth-order valence-electron chi connectivity index (χ4n) is 3.59. The Balaban J connectivity index is 0.00000182. The number of hydrogen-bond acceptors (Lipinski definition) is 5. The fourth-order valence-corrected chi connectivity index (χ4v) is 3.59. The van der Waals surface area contributed by atoms with E-state index >= 15 is 0 Å². The van der Waals surface area contributed by atoms with Gasteiger partial charge in [0, 0.05) is 58.1 Å². The quantitative estimate of drug-likeness (QED) is 0.740. The molecule has 0 aliphatic carbocycles. The number of aryl methyl sites for hydroxylation is 1. The van der Waals surface area contributed by atoms with Gasteiger partial charge in [-0.05, 0) is 19.9 Å². The molecule has 2 saturated heterocycles. The maximum Gasteiger partial charge on any atom is 0.244 e. The van der Waals surface area contributed by atoms with Crippen molar-refractivity contribution in [3.8, 4) is 0 Å². The monoisotopic (exact) mass is 420 g/mol. The minimum atomic E-state index is -0.369. The zero-order chi connectivity index (χ0) is 17.8. The van der Waals surface area contributed by atoms with Crippen molar-refractivity contribution in [1.82, 2.24) is 29.8 Å². The van der Waals surface area contributed by atoms with E-state index in [1.165, 1.54) is 0 Å². The predicted molar refractivity (Wildman–Crippen MR) is 108 cm³/mol. The van der Waals surface area contributed by atoms with Crippen LogP contribution in [-0.2, 0) is 16.6 Å². The van der Waals surface area contributed by atoms with E-state index < -0.39 is 0 Å². The fraction of sp³-hybridized carbons (Fsp3) is 0.706. The highest BCUT2D eigenvalue weighted by Gasteiger charge is 2.29. The highest BCUT2D eigenvalue weighted by molar-refractivity contribution is 5.85. The third kappa shape index (κ3) is 5.81. The van der Waals surface area contributed by atoms with E-state index in [4.69, 9.17) is 0 Å². The molecule has 0 spiro atoms. The minimum Gasteiger partial charge on any atom is -0.342 e. The summed E-state index contributed by atoms with van der Waals surface area (Å²) in [6, 6.07) is -0.369. The first kappa shape index (κ1) is 23.7. The van der Waals surface area contributed by atoms with E-state index in [2.05, 4.69) is 15.3 Å². The molecule has 0 saturated carbocycles. The maximum atomic E-state index is 12.8. The van der Waals surface area contributed by atoms with Gasteiger partial charge in [0.15, 0.2) is 0 Å². The maximum absolute atomic E-state index is 12.8. The highest BCUT2D eigenvalue weighted by Crippen LogP contribution is 2.16. The van der Waals surface area contributed by atoms with Gasteiger partial charge >= 0.3 is 0 Å². The number of carbonyl (C=O) groups is 2. The van der Waals surface area contributed by atoms with Crippen LogP contribution in [-0.4, -0.2) is 89.2 Å². The summed E-state index contributed by atoms with van der Waals surface area (Å²) < 4.78 is 1.70. The van der Waals surface area contributed by atoms with E-state index in [1.807, 2.05) is 23.0 Å². The molecular weight excluding hydrogens is 391 g/mol. The lowest BCUT2D eigenvalue weighted by atomic mass is 10.1. The van der Waals surface area contributed by atoms with Gasteiger partial charge in [-0.15, -0.1) is 24.8 Å². The predicted octanol–water partition coefficient (Wildman–Crippen LogP) is 0.291. The summed E-state index contributed by atoms with van der Waals surface area (Å²) in [5.41, 5.74) is 0.877. The second kappa shape index (κ2) is 10.8. The van der Waals surface area contributed by atoms with Gasteiger partial charge in [-0.2, -0.15) is 5.10 Å². The molecule has 3 heterocycles. The number of halogens is 2. The van der Waals surface area contributed by atoms with Crippen molar-refractivity contribution in [2.24, 2.45) is 7.05 Å². The molecule has 1 unspecified atom stereocenters. The van der Waals surface area contributed by atoms with Crippen molar-refractivity contribution in [2.75, 3.05) is 52.9 Å². The van der Waals surface area contributed by atoms with E-state index in [1.54, 1.807) is 17.9 Å². The lowest BCUT2D eigenvalue weighted by Gasteiger charge is -2.36. The molecule has 1 atom stereocenters. The Morgan fingerprint density at radius 1 is 1.07 bits per heavy atom. The SMILES string of the molecule is CNC(C(=O)N1CCN(CC(=O)N2CCCC2)CC1)c1cnn(C)c1.Cl.Cl. The van der Waals surface area contributed by atoms with Crippen LogP contribution in [0.2, 0.25) is 0 Å². The van der Waals surface area contributed by atoms with Gasteiger partial charge in [-0.25, -0.2) is 0 Å². The second-order valence-electron chi connectivity index (χ2n) is 6.86. The zero-order valence-corrected chi connectivity index (χ0v) is 17.6. The minimum absolute atomic E-state index is 0. The van der Waals surface area contributed by atoms with Gasteiger partial charge in [-0.1, -0.05) is 0 Å². The van der Waals surface area contributed by atoms with Gasteiger partial charge in [0.2, 0.25) is 11.8 Å². The number of aromatic nitrogens is 2. The molecule has 1 aromatic heterocycles. The Morgan fingerprint density at radius 3 is 2.22 bits per heavy atom. The first-order valence-corrected chi connectivity index (χ1v) is 9.03. The lowest BCUT2D eigenvalue weighted by Crippen LogP contribution is -2.53. The van der Waals surface area contributed by atoms with Gasteiger partial charge in [0.1, 0.15) is 6.04 Å². The van der Waals surface area contributed by atoms with Crippen molar-refractivity contribution < 1.29 is 9.59 Å². The molecule has 2 aliphatic heterocycles. The van der Waals surface area contributed by atoms with Crippen LogP contribution in [0.15, 0.2) is 12.4 Å². The van der Waals surface area contributed by atoms with Gasteiger partial charge < -0.3 is 15.1 Å². The van der Waals surface area contributed by atoms with Crippen LogP contribution < -0.4 is 5.32 Å². The summed E-state index contributed by atoms with van der Waals surface area (Å²) in [6.07, 6.45) is 5.83. The molecule has 27 heavy (non-hydrogen) atoms. The van der Waals surface area contributed by atoms with E-state index in [-0.39, 0.29) is 42.7 Å². The largest absolute Gasteiger partial charge is 0.342 e. The molecular formula is C17H30Cl2N6O2. The normalized spacial score (nSPS) is 18.6. The van der Waals surface area contributed by atoms with Crippen molar-refractivity contribution in [1.29, 1.82) is 0 Å². The lowest BCUT2D eigenvalue weighted by molar-refractivity contribution is -0.136. The number of rotatable bonds is 5. The summed E-state index contributed by atoms with van der Waals surface area (Å²) in [6.45, 7) is 5.07. The molecule has 0 bridgehead atoms. The molecule has 2 fully saturated rings. The number of hydrogen-bond donors (Lipinski definition) is 1. The van der Waals surface area contributed by atoms with E-state index in [0.29, 0.717) is 19.6 Å². The van der Waals surface area contributed by atoms with Gasteiger partial charge in [0.05, 0.1) is 12.7 Å². The average molecular weight is 421 g/mol. The number of piperazine rings is 1. The Bertz CT molecular complexity index is 612. The topological polar surface area (TPSA) is 73.7 Å². The van der Waals surface area contributed by atoms with Gasteiger partial charge in [0.25, 0.3) is 0 Å². The van der Waals surface area contributed by atoms with Crippen LogP contribution in [0.4, 0.5) is 0 Å². The Kier molecular flexibility index (Phi) is 9.52. The standard InChI is InChI=1S/C17H28N6O2.2ClH/c1-18-16(14-11-19-20(2)12-14)17(25)23-9-7-21(8-10-23)13-15(24)22-5-3-4-6-22;;/h11-12,16,18H,3-10,13H2,1-2H3;2*1H. The molecule has 1 N–H and O–H groups in total. The van der Waals surface area contributed by atoms with Crippen LogP contribution in [0.5, 0.6) is 0 Å². The Hall–Kier alpha value is -1.35. The number of amides is 2. The average Bonchev–Trinajstić information content (AvgIpc) is 3.28. The molecule has 1 aromatic rings. The molecule has 154 valence electrons. The van der Waals surface area contributed by atoms with E-state index in [0.717, 1.165) is 44.6 Å². The Morgan fingerprint density at radius 2 is 1.70 bits per heavy atom. The summed E-state index contributed by atoms with van der Waals surface area (Å²) in [4.78, 5) is 31.1. The van der Waals surface area contributed by atoms with Crippen LogP contribution in [0.3, 0.4) is 0 Å². The van der Waals surface area contributed by atoms with Crippen molar-refractivity contribution in [3.63, 3.8) is 0 Å². The zero-order valence-electron chi connectivity index (χ0n) is 16.0.